The van der Waals surface area contributed by atoms with Gasteiger partial charge in [-0.3, -0.25) is 4.31 Å². The summed E-state index contributed by atoms with van der Waals surface area (Å²) in [5.41, 5.74) is 0.573. The van der Waals surface area contributed by atoms with E-state index >= 15 is 0 Å². The van der Waals surface area contributed by atoms with Crippen molar-refractivity contribution in [2.75, 3.05) is 29.0 Å². The van der Waals surface area contributed by atoms with Crippen LogP contribution in [0.15, 0.2) is 18.3 Å². The molecule has 16 heavy (non-hydrogen) atoms. The molecule has 1 aromatic heterocycles. The lowest BCUT2D eigenvalue weighted by Gasteiger charge is -2.18. The first kappa shape index (κ1) is 12.8. The van der Waals surface area contributed by atoms with Crippen molar-refractivity contribution in [2.45, 2.75) is 13.8 Å². The fourth-order valence-electron chi connectivity index (χ4n) is 1.21. The van der Waals surface area contributed by atoms with Crippen LogP contribution in [0.25, 0.3) is 0 Å². The van der Waals surface area contributed by atoms with Gasteiger partial charge in [0, 0.05) is 13.6 Å². The van der Waals surface area contributed by atoms with E-state index in [0.717, 1.165) is 12.4 Å². The predicted molar refractivity (Wildman–Crippen MR) is 66.3 cm³/mol. The molecule has 6 heteroatoms. The van der Waals surface area contributed by atoms with Gasteiger partial charge in [-0.25, -0.2) is 13.4 Å². The molecule has 0 atom stereocenters. The molecule has 1 heterocycles. The van der Waals surface area contributed by atoms with Gasteiger partial charge < -0.3 is 5.32 Å². The molecule has 0 aromatic carbocycles. The third kappa shape index (κ3) is 2.85. The van der Waals surface area contributed by atoms with Crippen molar-refractivity contribution >= 4 is 21.5 Å². The summed E-state index contributed by atoms with van der Waals surface area (Å²) in [4.78, 5) is 4.12. The summed E-state index contributed by atoms with van der Waals surface area (Å²) in [7, 11) is -1.67. The molecule has 0 spiro atoms. The quantitative estimate of drug-likeness (QED) is 0.846. The van der Waals surface area contributed by atoms with Gasteiger partial charge in [0.05, 0.1) is 17.6 Å². The summed E-state index contributed by atoms with van der Waals surface area (Å²) >= 11 is 0. The predicted octanol–water partition coefficient (Wildman–Crippen LogP) is 1.30. The Labute approximate surface area is 96.5 Å². The molecule has 0 radical (unpaired) electrons. The Morgan fingerprint density at radius 1 is 1.38 bits per heavy atom. The third-order valence-electron chi connectivity index (χ3n) is 2.25. The average molecular weight is 243 g/mol. The number of hydrogen-bond donors (Lipinski definition) is 1. The average Bonchev–Trinajstić information content (AvgIpc) is 2.29. The highest BCUT2D eigenvalue weighted by molar-refractivity contribution is 7.92. The van der Waals surface area contributed by atoms with Crippen molar-refractivity contribution in [3.8, 4) is 0 Å². The summed E-state index contributed by atoms with van der Waals surface area (Å²) in [6.45, 7) is 4.38. The minimum absolute atomic E-state index is 0.0818. The van der Waals surface area contributed by atoms with E-state index in [1.165, 1.54) is 11.4 Å². The van der Waals surface area contributed by atoms with E-state index in [1.54, 1.807) is 25.3 Å². The van der Waals surface area contributed by atoms with Crippen molar-refractivity contribution in [2.24, 2.45) is 0 Å². The van der Waals surface area contributed by atoms with E-state index in [4.69, 9.17) is 0 Å². The Hall–Kier alpha value is -1.30. The van der Waals surface area contributed by atoms with Gasteiger partial charge in [0.2, 0.25) is 10.0 Å². The lowest BCUT2D eigenvalue weighted by atomic mass is 10.4. The lowest BCUT2D eigenvalue weighted by Crippen LogP contribution is -2.28. The van der Waals surface area contributed by atoms with E-state index in [2.05, 4.69) is 10.3 Å². The standard InChI is InChI=1S/C10H17N3O2S/c1-4-11-10-7-6-9(8-12-10)13(3)16(14,15)5-2/h6-8H,4-5H2,1-3H3,(H,11,12). The van der Waals surface area contributed by atoms with Crippen LogP contribution in [0.5, 0.6) is 0 Å². The zero-order valence-corrected chi connectivity index (χ0v) is 10.6. The van der Waals surface area contributed by atoms with Crippen LogP contribution in [0.4, 0.5) is 11.5 Å². The van der Waals surface area contributed by atoms with Crippen molar-refractivity contribution in [3.63, 3.8) is 0 Å². The third-order valence-corrected chi connectivity index (χ3v) is 4.03. The second kappa shape index (κ2) is 5.16. The number of nitrogens with one attached hydrogen (secondary N) is 1. The maximum absolute atomic E-state index is 11.6. The van der Waals surface area contributed by atoms with Crippen LogP contribution in [-0.2, 0) is 10.0 Å². The van der Waals surface area contributed by atoms with Gasteiger partial charge in [-0.15, -0.1) is 0 Å². The van der Waals surface area contributed by atoms with Crippen LogP contribution in [0, 0.1) is 0 Å². The van der Waals surface area contributed by atoms with Crippen molar-refractivity contribution in [3.05, 3.63) is 18.3 Å². The summed E-state index contributed by atoms with van der Waals surface area (Å²) in [5.74, 6) is 0.826. The number of sulfonamides is 1. The van der Waals surface area contributed by atoms with E-state index in [0.29, 0.717) is 5.69 Å². The number of anilines is 2. The molecule has 1 rings (SSSR count). The number of rotatable bonds is 5. The molecule has 0 bridgehead atoms. The molecule has 0 saturated carbocycles. The van der Waals surface area contributed by atoms with Crippen molar-refractivity contribution in [1.82, 2.24) is 4.98 Å². The van der Waals surface area contributed by atoms with E-state index in [9.17, 15) is 8.42 Å². The number of aromatic nitrogens is 1. The molecule has 1 N–H and O–H groups in total. The van der Waals surface area contributed by atoms with Crippen LogP contribution in [0.3, 0.4) is 0 Å². The van der Waals surface area contributed by atoms with E-state index in [-0.39, 0.29) is 5.75 Å². The minimum atomic E-state index is -3.20. The fourth-order valence-corrected chi connectivity index (χ4v) is 2.03. The molecule has 0 fully saturated rings. The first-order chi connectivity index (χ1) is 7.51. The molecule has 5 nitrogen and oxygen atoms in total. The first-order valence-electron chi connectivity index (χ1n) is 5.17. The molecule has 90 valence electrons. The highest BCUT2D eigenvalue weighted by Gasteiger charge is 2.15. The summed E-state index contributed by atoms with van der Waals surface area (Å²) in [6, 6.07) is 3.50. The van der Waals surface area contributed by atoms with Gasteiger partial charge in [0.1, 0.15) is 5.82 Å². The molecule has 0 amide bonds. The van der Waals surface area contributed by atoms with Crippen LogP contribution >= 0.6 is 0 Å². The molecule has 0 aliphatic rings. The fraction of sp³-hybridized carbons (Fsp3) is 0.500. The molecular weight excluding hydrogens is 226 g/mol. The lowest BCUT2D eigenvalue weighted by molar-refractivity contribution is 0.595. The van der Waals surface area contributed by atoms with Gasteiger partial charge in [0.15, 0.2) is 0 Å². The highest BCUT2D eigenvalue weighted by Crippen LogP contribution is 2.16. The summed E-state index contributed by atoms with van der Waals surface area (Å²) in [5, 5.41) is 3.05. The Kier molecular flexibility index (Phi) is 4.12. The molecule has 0 aliphatic carbocycles. The Balaban J connectivity index is 2.90. The number of hydrogen-bond acceptors (Lipinski definition) is 4. The first-order valence-corrected chi connectivity index (χ1v) is 6.78. The monoisotopic (exact) mass is 243 g/mol. The van der Waals surface area contributed by atoms with E-state index < -0.39 is 10.0 Å². The smallest absolute Gasteiger partial charge is 0.234 e. The van der Waals surface area contributed by atoms with Gasteiger partial charge >= 0.3 is 0 Å². The van der Waals surface area contributed by atoms with Gasteiger partial charge in [-0.05, 0) is 26.0 Å². The SMILES string of the molecule is CCNc1ccc(N(C)S(=O)(=O)CC)cn1. The maximum atomic E-state index is 11.6. The van der Waals surface area contributed by atoms with Gasteiger partial charge in [-0.2, -0.15) is 0 Å². The topological polar surface area (TPSA) is 62.3 Å². The molecule has 0 aliphatic heterocycles. The Morgan fingerprint density at radius 3 is 2.50 bits per heavy atom. The second-order valence-corrected chi connectivity index (χ2v) is 5.59. The summed E-state index contributed by atoms with van der Waals surface area (Å²) in [6.07, 6.45) is 1.55. The van der Waals surface area contributed by atoms with Gasteiger partial charge in [-0.1, -0.05) is 0 Å². The van der Waals surface area contributed by atoms with Crippen LogP contribution in [0.1, 0.15) is 13.8 Å². The normalized spacial score (nSPS) is 11.2. The van der Waals surface area contributed by atoms with Crippen LogP contribution < -0.4 is 9.62 Å². The number of pyridine rings is 1. The molecule has 0 saturated heterocycles. The largest absolute Gasteiger partial charge is 0.370 e. The van der Waals surface area contributed by atoms with Crippen LogP contribution in [-0.4, -0.2) is 32.7 Å². The molecule has 1 aromatic rings. The van der Waals surface area contributed by atoms with E-state index in [1.807, 2.05) is 6.92 Å². The Bertz CT molecular complexity index is 428. The molecule has 0 unspecified atom stereocenters. The zero-order chi connectivity index (χ0) is 12.2. The second-order valence-electron chi connectivity index (χ2n) is 3.30. The maximum Gasteiger partial charge on any atom is 0.234 e. The zero-order valence-electron chi connectivity index (χ0n) is 9.77. The van der Waals surface area contributed by atoms with Gasteiger partial charge in [0.25, 0.3) is 0 Å². The Morgan fingerprint density at radius 2 is 2.06 bits per heavy atom. The highest BCUT2D eigenvalue weighted by atomic mass is 32.2. The minimum Gasteiger partial charge on any atom is -0.370 e. The molecular formula is C10H17N3O2S. The number of nitrogens with zero attached hydrogens (tertiary/aromatic N) is 2. The van der Waals surface area contributed by atoms with Crippen LogP contribution in [0.2, 0.25) is 0 Å². The van der Waals surface area contributed by atoms with Crippen molar-refractivity contribution in [1.29, 1.82) is 0 Å². The van der Waals surface area contributed by atoms with Crippen molar-refractivity contribution < 1.29 is 8.42 Å². The summed E-state index contributed by atoms with van der Waals surface area (Å²) < 4.78 is 24.4.